The number of hydrogen-bond acceptors (Lipinski definition) is 4. The zero-order valence-corrected chi connectivity index (χ0v) is 18.8. The van der Waals surface area contributed by atoms with Gasteiger partial charge in [-0.25, -0.2) is 9.96 Å². The molecule has 3 unspecified atom stereocenters. The predicted molar refractivity (Wildman–Crippen MR) is 125 cm³/mol. The van der Waals surface area contributed by atoms with Gasteiger partial charge in [-0.3, -0.25) is 14.4 Å². The highest BCUT2D eigenvalue weighted by atomic mass is 35.5. The van der Waals surface area contributed by atoms with Gasteiger partial charge >= 0.3 is 0 Å². The van der Waals surface area contributed by atoms with E-state index < -0.39 is 18.1 Å². The summed E-state index contributed by atoms with van der Waals surface area (Å²) in [4.78, 5) is 34.8. The molecule has 2 heterocycles. The van der Waals surface area contributed by atoms with E-state index in [0.717, 1.165) is 27.9 Å². The van der Waals surface area contributed by atoms with E-state index in [0.29, 0.717) is 10.7 Å². The van der Waals surface area contributed by atoms with Gasteiger partial charge in [-0.2, -0.15) is 0 Å². The summed E-state index contributed by atoms with van der Waals surface area (Å²) in [6.45, 7) is 5.86. The minimum absolute atomic E-state index is 0.242. The van der Waals surface area contributed by atoms with E-state index in [1.54, 1.807) is 17.2 Å². The molecule has 0 spiro atoms. The number of amides is 2. The number of rotatable bonds is 3. The Morgan fingerprint density at radius 2 is 1.47 bits per heavy atom. The molecule has 2 saturated heterocycles. The van der Waals surface area contributed by atoms with Gasteiger partial charge in [0.15, 0.2) is 6.10 Å². The van der Waals surface area contributed by atoms with Crippen molar-refractivity contribution in [2.75, 3.05) is 9.96 Å². The molecule has 2 amide bonds. The number of hydroxylamine groups is 1. The van der Waals surface area contributed by atoms with Crippen LogP contribution in [-0.2, 0) is 14.4 Å². The maximum atomic E-state index is 13.8. The number of halogens is 1. The Morgan fingerprint density at radius 1 is 0.844 bits per heavy atom. The van der Waals surface area contributed by atoms with Crippen molar-refractivity contribution >= 4 is 34.8 Å². The zero-order chi connectivity index (χ0) is 22.6. The van der Waals surface area contributed by atoms with Crippen LogP contribution in [0.3, 0.4) is 0 Å². The molecule has 2 aliphatic heterocycles. The lowest BCUT2D eigenvalue weighted by Gasteiger charge is -2.29. The monoisotopic (exact) mass is 446 g/mol. The summed E-state index contributed by atoms with van der Waals surface area (Å²) in [5.41, 5.74) is 5.19. The number of carbonyl (C=O) groups is 2. The molecule has 162 valence electrons. The van der Waals surface area contributed by atoms with Crippen molar-refractivity contribution in [2.45, 2.75) is 32.9 Å². The van der Waals surface area contributed by atoms with Gasteiger partial charge in [0, 0.05) is 5.02 Å². The Bertz CT molecular complexity index is 1190. The largest absolute Gasteiger partial charge is 0.273 e. The van der Waals surface area contributed by atoms with Crippen LogP contribution in [0.15, 0.2) is 66.7 Å². The quantitative estimate of drug-likeness (QED) is 0.511. The van der Waals surface area contributed by atoms with Gasteiger partial charge in [-0.15, -0.1) is 0 Å². The van der Waals surface area contributed by atoms with Crippen molar-refractivity contribution in [3.05, 3.63) is 94.0 Å². The molecule has 0 bridgehead atoms. The van der Waals surface area contributed by atoms with Gasteiger partial charge < -0.3 is 0 Å². The number of carbonyl (C=O) groups excluding carboxylic acids is 2. The van der Waals surface area contributed by atoms with Crippen molar-refractivity contribution in [1.29, 1.82) is 0 Å². The van der Waals surface area contributed by atoms with Crippen molar-refractivity contribution in [3.63, 3.8) is 0 Å². The first-order chi connectivity index (χ1) is 15.4. The van der Waals surface area contributed by atoms with E-state index in [1.807, 2.05) is 75.4 Å². The van der Waals surface area contributed by atoms with Crippen LogP contribution in [0.1, 0.15) is 28.3 Å². The average Bonchev–Trinajstić information content (AvgIpc) is 3.26. The number of benzene rings is 3. The Kier molecular flexibility index (Phi) is 5.03. The van der Waals surface area contributed by atoms with Crippen molar-refractivity contribution in [2.24, 2.45) is 5.92 Å². The number of imide groups is 1. The first-order valence-corrected chi connectivity index (χ1v) is 11.0. The molecule has 3 aromatic carbocycles. The molecule has 3 atom stereocenters. The lowest BCUT2D eigenvalue weighted by Crippen LogP contribution is -2.38. The molecule has 2 fully saturated rings. The van der Waals surface area contributed by atoms with Crippen LogP contribution in [0.4, 0.5) is 11.4 Å². The zero-order valence-electron chi connectivity index (χ0n) is 18.1. The molecular weight excluding hydrogens is 424 g/mol. The predicted octanol–water partition coefficient (Wildman–Crippen LogP) is 5.32. The molecule has 6 heteroatoms. The van der Waals surface area contributed by atoms with Gasteiger partial charge in [-0.05, 0) is 61.7 Å². The number of nitrogens with zero attached hydrogens (tertiary/aromatic N) is 2. The highest BCUT2D eigenvalue weighted by Crippen LogP contribution is 2.48. The Balaban J connectivity index is 1.61. The maximum absolute atomic E-state index is 13.8. The third-order valence-electron chi connectivity index (χ3n) is 6.20. The minimum atomic E-state index is -0.886. The minimum Gasteiger partial charge on any atom is -0.273 e. The van der Waals surface area contributed by atoms with Gasteiger partial charge in [0.25, 0.3) is 5.91 Å². The van der Waals surface area contributed by atoms with Crippen LogP contribution in [0.25, 0.3) is 0 Å². The lowest BCUT2D eigenvalue weighted by atomic mass is 9.90. The molecule has 2 aliphatic rings. The molecule has 0 N–H and O–H groups in total. The first-order valence-electron chi connectivity index (χ1n) is 10.6. The SMILES string of the molecule is Cc1cc(C)c(N2C(=O)C3ON(c4ccccc4)C(c4ccc(Cl)cc4)C3C2=O)c(C)c1. The average molecular weight is 447 g/mol. The third-order valence-corrected chi connectivity index (χ3v) is 6.45. The highest BCUT2D eigenvalue weighted by Gasteiger charge is 2.60. The summed E-state index contributed by atoms with van der Waals surface area (Å²) in [6, 6.07) is 20.4. The van der Waals surface area contributed by atoms with Gasteiger partial charge in [0.1, 0.15) is 5.92 Å². The van der Waals surface area contributed by atoms with Crippen LogP contribution >= 0.6 is 11.6 Å². The van der Waals surface area contributed by atoms with E-state index in [2.05, 4.69) is 0 Å². The smallest absolute Gasteiger partial charge is 0.266 e. The molecule has 5 rings (SSSR count). The fraction of sp³-hybridized carbons (Fsp3) is 0.231. The fourth-order valence-corrected chi connectivity index (χ4v) is 5.08. The number of para-hydroxylation sites is 1. The van der Waals surface area contributed by atoms with Gasteiger partial charge in [0.05, 0.1) is 17.4 Å². The molecule has 32 heavy (non-hydrogen) atoms. The molecule has 0 aromatic heterocycles. The summed E-state index contributed by atoms with van der Waals surface area (Å²) in [5, 5.41) is 2.30. The van der Waals surface area contributed by atoms with E-state index in [4.69, 9.17) is 16.4 Å². The second-order valence-corrected chi connectivity index (χ2v) is 8.91. The van der Waals surface area contributed by atoms with Crippen LogP contribution < -0.4 is 9.96 Å². The van der Waals surface area contributed by atoms with Crippen molar-refractivity contribution < 1.29 is 14.4 Å². The Morgan fingerprint density at radius 3 is 2.09 bits per heavy atom. The van der Waals surface area contributed by atoms with E-state index in [-0.39, 0.29) is 11.8 Å². The second kappa shape index (κ2) is 7.76. The molecule has 0 saturated carbocycles. The van der Waals surface area contributed by atoms with Gasteiger partial charge in [0.2, 0.25) is 5.91 Å². The topological polar surface area (TPSA) is 49.9 Å². The molecule has 0 radical (unpaired) electrons. The number of aryl methyl sites for hydroxylation is 3. The number of hydrogen-bond donors (Lipinski definition) is 0. The number of fused-ring (bicyclic) bond motifs is 1. The molecular formula is C26H23ClN2O3. The maximum Gasteiger partial charge on any atom is 0.266 e. The molecule has 5 nitrogen and oxygen atoms in total. The summed E-state index contributed by atoms with van der Waals surface area (Å²) in [5.74, 6) is -1.23. The summed E-state index contributed by atoms with van der Waals surface area (Å²) in [7, 11) is 0. The van der Waals surface area contributed by atoms with E-state index >= 15 is 0 Å². The standard InChI is InChI=1S/C26H23ClN2O3/c1-15-13-16(2)22(17(3)14-15)28-25(30)21-23(18-9-11-19(27)12-10-18)29(32-24(21)26(28)31)20-7-5-4-6-8-20/h4-14,21,23-24H,1-3H3. The van der Waals surface area contributed by atoms with Crippen LogP contribution in [-0.4, -0.2) is 17.9 Å². The Hall–Kier alpha value is -3.15. The normalized spacial score (nSPS) is 22.6. The molecule has 3 aromatic rings. The fourth-order valence-electron chi connectivity index (χ4n) is 4.96. The van der Waals surface area contributed by atoms with E-state index in [9.17, 15) is 9.59 Å². The van der Waals surface area contributed by atoms with Crippen LogP contribution in [0, 0.1) is 26.7 Å². The van der Waals surface area contributed by atoms with Crippen LogP contribution in [0.2, 0.25) is 5.02 Å². The van der Waals surface area contributed by atoms with Gasteiger partial charge in [-0.1, -0.05) is 59.6 Å². The van der Waals surface area contributed by atoms with Crippen molar-refractivity contribution in [1.82, 2.24) is 0 Å². The summed E-state index contributed by atoms with van der Waals surface area (Å²) >= 11 is 6.11. The molecule has 0 aliphatic carbocycles. The Labute approximate surface area is 192 Å². The number of anilines is 2. The highest BCUT2D eigenvalue weighted by molar-refractivity contribution is 6.30. The lowest BCUT2D eigenvalue weighted by molar-refractivity contribution is -0.126. The summed E-state index contributed by atoms with van der Waals surface area (Å²) < 4.78 is 0. The third kappa shape index (κ3) is 3.20. The first kappa shape index (κ1) is 20.7. The van der Waals surface area contributed by atoms with Crippen LogP contribution in [0.5, 0.6) is 0 Å². The van der Waals surface area contributed by atoms with E-state index in [1.165, 1.54) is 4.90 Å². The van der Waals surface area contributed by atoms with Crippen molar-refractivity contribution in [3.8, 4) is 0 Å². The second-order valence-electron chi connectivity index (χ2n) is 8.47. The summed E-state index contributed by atoms with van der Waals surface area (Å²) in [6.07, 6.45) is -0.886.